The standard InChI is InChI=1S/C6H10O.C5H11NO2/c7-6-4-2-1-3-5-6;1-3(2)4(6)5(7)8/h1-5H2;3-4H,6H2,1-2H3,(H,7,8)/t;4-/m.0/s1. The van der Waals surface area contributed by atoms with Crippen molar-refractivity contribution in [3.05, 3.63) is 0 Å². The van der Waals surface area contributed by atoms with Crippen LogP contribution in [0.5, 0.6) is 0 Å². The number of aliphatic carboxylic acids is 1. The Hall–Kier alpha value is -0.900. The zero-order valence-electron chi connectivity index (χ0n) is 9.53. The first kappa shape index (κ1) is 14.1. The van der Waals surface area contributed by atoms with Crippen molar-refractivity contribution < 1.29 is 14.7 Å². The van der Waals surface area contributed by atoms with Gasteiger partial charge in [-0.3, -0.25) is 9.59 Å². The second-order valence-electron chi connectivity index (χ2n) is 4.21. The maximum absolute atomic E-state index is 10.5. The molecular formula is C11H21NO3. The number of rotatable bonds is 2. The minimum absolute atomic E-state index is 0.0208. The zero-order chi connectivity index (χ0) is 11.8. The van der Waals surface area contributed by atoms with E-state index in [9.17, 15) is 9.59 Å². The van der Waals surface area contributed by atoms with Crippen LogP contribution in [-0.2, 0) is 9.59 Å². The van der Waals surface area contributed by atoms with E-state index in [-0.39, 0.29) is 5.92 Å². The van der Waals surface area contributed by atoms with Gasteiger partial charge in [0.2, 0.25) is 0 Å². The first-order chi connectivity index (χ1) is 6.95. The Morgan fingerprint density at radius 1 is 1.27 bits per heavy atom. The van der Waals surface area contributed by atoms with Gasteiger partial charge in [-0.25, -0.2) is 0 Å². The lowest BCUT2D eigenvalue weighted by Gasteiger charge is -2.07. The maximum atomic E-state index is 10.5. The molecule has 3 N–H and O–H groups in total. The molecule has 1 saturated carbocycles. The third kappa shape index (κ3) is 7.08. The van der Waals surface area contributed by atoms with Crippen molar-refractivity contribution in [3.8, 4) is 0 Å². The third-order valence-corrected chi connectivity index (χ3v) is 2.41. The predicted octanol–water partition coefficient (Wildman–Crippen LogP) is 1.57. The highest BCUT2D eigenvalue weighted by Gasteiger charge is 2.14. The van der Waals surface area contributed by atoms with Gasteiger partial charge in [-0.2, -0.15) is 0 Å². The number of Topliss-reactive ketones (excluding diaryl/α,β-unsaturated/α-hetero) is 1. The van der Waals surface area contributed by atoms with Crippen LogP contribution in [0, 0.1) is 5.92 Å². The lowest BCUT2D eigenvalue weighted by atomic mass is 10.00. The van der Waals surface area contributed by atoms with Gasteiger partial charge in [-0.05, 0) is 18.8 Å². The quantitative estimate of drug-likeness (QED) is 0.732. The number of hydrogen-bond acceptors (Lipinski definition) is 3. The second kappa shape index (κ2) is 7.40. The monoisotopic (exact) mass is 215 g/mol. The number of nitrogens with two attached hydrogens (primary N) is 1. The summed E-state index contributed by atoms with van der Waals surface area (Å²) in [7, 11) is 0. The molecule has 1 fully saturated rings. The van der Waals surface area contributed by atoms with Crippen molar-refractivity contribution in [1.29, 1.82) is 0 Å². The molecule has 0 bridgehead atoms. The van der Waals surface area contributed by atoms with Crippen LogP contribution in [0.1, 0.15) is 46.0 Å². The average molecular weight is 215 g/mol. The smallest absolute Gasteiger partial charge is 0.320 e. The van der Waals surface area contributed by atoms with Crippen molar-refractivity contribution in [2.45, 2.75) is 52.0 Å². The first-order valence-corrected chi connectivity index (χ1v) is 5.45. The SMILES string of the molecule is CC(C)[C@H](N)C(=O)O.O=C1CCCCC1. The van der Waals surface area contributed by atoms with Gasteiger partial charge in [0.1, 0.15) is 11.8 Å². The van der Waals surface area contributed by atoms with Gasteiger partial charge in [0.25, 0.3) is 0 Å². The summed E-state index contributed by atoms with van der Waals surface area (Å²) in [6.45, 7) is 3.55. The van der Waals surface area contributed by atoms with Crippen molar-refractivity contribution in [2.75, 3.05) is 0 Å². The van der Waals surface area contributed by atoms with Crippen LogP contribution in [0.4, 0.5) is 0 Å². The Kier molecular flexibility index (Phi) is 6.96. The summed E-state index contributed by atoms with van der Waals surface area (Å²) in [5.41, 5.74) is 5.16. The molecule has 0 radical (unpaired) electrons. The summed E-state index contributed by atoms with van der Waals surface area (Å²) in [6, 6.07) is -0.713. The Labute approximate surface area is 90.8 Å². The van der Waals surface area contributed by atoms with Crippen LogP contribution in [0.2, 0.25) is 0 Å². The van der Waals surface area contributed by atoms with Gasteiger partial charge < -0.3 is 10.8 Å². The number of carboxylic acid groups (broad SMARTS) is 1. The number of carbonyl (C=O) groups excluding carboxylic acids is 1. The lowest BCUT2D eigenvalue weighted by Crippen LogP contribution is -2.34. The van der Waals surface area contributed by atoms with Crippen molar-refractivity contribution >= 4 is 11.8 Å². The average Bonchev–Trinajstić information content (AvgIpc) is 2.18. The van der Waals surface area contributed by atoms with Crippen molar-refractivity contribution in [2.24, 2.45) is 11.7 Å². The van der Waals surface area contributed by atoms with E-state index < -0.39 is 12.0 Å². The molecule has 4 nitrogen and oxygen atoms in total. The largest absolute Gasteiger partial charge is 0.480 e. The molecule has 15 heavy (non-hydrogen) atoms. The Morgan fingerprint density at radius 3 is 1.87 bits per heavy atom. The fraction of sp³-hybridized carbons (Fsp3) is 0.818. The number of carboxylic acids is 1. The van der Waals surface area contributed by atoms with Gasteiger partial charge in [0, 0.05) is 12.8 Å². The summed E-state index contributed by atoms with van der Waals surface area (Å²) in [5.74, 6) is -0.446. The van der Waals surface area contributed by atoms with Gasteiger partial charge >= 0.3 is 5.97 Å². The lowest BCUT2D eigenvalue weighted by molar-refractivity contribution is -0.139. The predicted molar refractivity (Wildman–Crippen MR) is 58.5 cm³/mol. The third-order valence-electron chi connectivity index (χ3n) is 2.41. The Morgan fingerprint density at radius 2 is 1.73 bits per heavy atom. The Bertz CT molecular complexity index is 206. The van der Waals surface area contributed by atoms with Crippen LogP contribution in [0.3, 0.4) is 0 Å². The van der Waals surface area contributed by atoms with Gasteiger partial charge in [0.15, 0.2) is 0 Å². The van der Waals surface area contributed by atoms with Gasteiger partial charge in [0.05, 0.1) is 0 Å². The van der Waals surface area contributed by atoms with Crippen LogP contribution >= 0.6 is 0 Å². The molecule has 4 heteroatoms. The molecule has 1 atom stereocenters. The molecule has 1 rings (SSSR count). The molecule has 1 aliphatic rings. The Balaban J connectivity index is 0.000000262. The van der Waals surface area contributed by atoms with E-state index in [0.717, 1.165) is 25.7 Å². The molecule has 0 amide bonds. The minimum atomic E-state index is -0.931. The van der Waals surface area contributed by atoms with Gasteiger partial charge in [-0.15, -0.1) is 0 Å². The molecule has 0 aromatic heterocycles. The van der Waals surface area contributed by atoms with Crippen LogP contribution in [-0.4, -0.2) is 22.9 Å². The molecule has 0 aliphatic heterocycles. The van der Waals surface area contributed by atoms with Gasteiger partial charge in [-0.1, -0.05) is 20.3 Å². The molecule has 0 aromatic carbocycles. The van der Waals surface area contributed by atoms with Crippen LogP contribution < -0.4 is 5.73 Å². The topological polar surface area (TPSA) is 80.4 Å². The molecule has 0 saturated heterocycles. The highest BCUT2D eigenvalue weighted by atomic mass is 16.4. The van der Waals surface area contributed by atoms with E-state index in [2.05, 4.69) is 0 Å². The van der Waals surface area contributed by atoms with E-state index >= 15 is 0 Å². The van der Waals surface area contributed by atoms with Crippen molar-refractivity contribution in [3.63, 3.8) is 0 Å². The summed E-state index contributed by atoms with van der Waals surface area (Å²) in [4.78, 5) is 20.5. The number of ketones is 1. The first-order valence-electron chi connectivity index (χ1n) is 5.45. The molecule has 0 spiro atoms. The van der Waals surface area contributed by atoms with E-state index in [1.54, 1.807) is 13.8 Å². The zero-order valence-corrected chi connectivity index (χ0v) is 9.53. The summed E-state index contributed by atoms with van der Waals surface area (Å²) >= 11 is 0. The molecule has 88 valence electrons. The van der Waals surface area contributed by atoms with Crippen molar-refractivity contribution in [1.82, 2.24) is 0 Å². The summed E-state index contributed by atoms with van der Waals surface area (Å²) in [6.07, 6.45) is 5.24. The minimum Gasteiger partial charge on any atom is -0.480 e. The second-order valence-corrected chi connectivity index (χ2v) is 4.21. The highest BCUT2D eigenvalue weighted by Crippen LogP contribution is 2.12. The van der Waals surface area contributed by atoms with E-state index in [1.165, 1.54) is 6.42 Å². The number of carbonyl (C=O) groups is 2. The maximum Gasteiger partial charge on any atom is 0.320 e. The van der Waals surface area contributed by atoms with E-state index in [1.807, 2.05) is 0 Å². The van der Waals surface area contributed by atoms with Crippen LogP contribution in [0.25, 0.3) is 0 Å². The fourth-order valence-corrected chi connectivity index (χ4v) is 1.23. The van der Waals surface area contributed by atoms with Crippen LogP contribution in [0.15, 0.2) is 0 Å². The summed E-state index contributed by atoms with van der Waals surface area (Å²) < 4.78 is 0. The highest BCUT2D eigenvalue weighted by molar-refractivity contribution is 5.78. The summed E-state index contributed by atoms with van der Waals surface area (Å²) in [5, 5.41) is 8.23. The van der Waals surface area contributed by atoms with E-state index in [0.29, 0.717) is 5.78 Å². The molecule has 0 unspecified atom stereocenters. The molecule has 1 aliphatic carbocycles. The fourth-order valence-electron chi connectivity index (χ4n) is 1.23. The molecule has 0 heterocycles. The molecule has 0 aromatic rings. The number of hydrogen-bond donors (Lipinski definition) is 2. The normalized spacial score (nSPS) is 18.0. The molecular weight excluding hydrogens is 194 g/mol. The van der Waals surface area contributed by atoms with E-state index in [4.69, 9.17) is 10.8 Å².